The first kappa shape index (κ1) is 17.4. The molecule has 0 aliphatic heterocycles. The standard InChI is InChI=1S/C12H13ClF3NO4/c1-20-10-5-8(7-13)9(17(18)19)6-11(10)21-4-2-3-12(14,15)16/h5-6H,2-4,7H2,1H3. The number of nitrogens with zero attached hydrogens (tertiary/aromatic N) is 1. The molecule has 0 amide bonds. The van der Waals surface area contributed by atoms with E-state index in [2.05, 4.69) is 0 Å². The first-order valence-electron chi connectivity index (χ1n) is 5.89. The average Bonchev–Trinajstić information content (AvgIpc) is 2.41. The van der Waals surface area contributed by atoms with E-state index in [1.54, 1.807) is 0 Å². The molecular formula is C12H13ClF3NO4. The van der Waals surface area contributed by atoms with Crippen LogP contribution in [0.3, 0.4) is 0 Å². The Bertz CT molecular complexity index is 508. The number of nitro benzene ring substituents is 1. The van der Waals surface area contributed by atoms with Crippen LogP contribution in [-0.4, -0.2) is 24.8 Å². The predicted octanol–water partition coefficient (Wildman–Crippen LogP) is 4.06. The molecular weight excluding hydrogens is 315 g/mol. The van der Waals surface area contributed by atoms with Crippen LogP contribution in [0.2, 0.25) is 0 Å². The highest BCUT2D eigenvalue weighted by Crippen LogP contribution is 2.35. The van der Waals surface area contributed by atoms with Crippen LogP contribution in [0.5, 0.6) is 11.5 Å². The number of methoxy groups -OCH3 is 1. The second-order valence-electron chi connectivity index (χ2n) is 4.09. The van der Waals surface area contributed by atoms with E-state index in [4.69, 9.17) is 21.1 Å². The monoisotopic (exact) mass is 327 g/mol. The number of hydrogen-bond acceptors (Lipinski definition) is 4. The Morgan fingerprint density at radius 1 is 1.33 bits per heavy atom. The number of benzene rings is 1. The molecule has 0 atom stereocenters. The van der Waals surface area contributed by atoms with E-state index in [9.17, 15) is 23.3 Å². The maximum absolute atomic E-state index is 12.0. The summed E-state index contributed by atoms with van der Waals surface area (Å²) in [6, 6.07) is 2.44. The first-order chi connectivity index (χ1) is 9.78. The maximum Gasteiger partial charge on any atom is 0.389 e. The Balaban J connectivity index is 2.85. The SMILES string of the molecule is COc1cc(CCl)c([N+](=O)[O-])cc1OCCCC(F)(F)F. The van der Waals surface area contributed by atoms with E-state index < -0.39 is 17.5 Å². The molecule has 21 heavy (non-hydrogen) atoms. The highest BCUT2D eigenvalue weighted by Gasteiger charge is 2.26. The Labute approximate surface area is 123 Å². The number of rotatable bonds is 7. The normalized spacial score (nSPS) is 11.3. The van der Waals surface area contributed by atoms with Crippen LogP contribution in [0.1, 0.15) is 18.4 Å². The Kier molecular flexibility index (Phi) is 6.07. The van der Waals surface area contributed by atoms with Crippen molar-refractivity contribution in [1.82, 2.24) is 0 Å². The van der Waals surface area contributed by atoms with E-state index >= 15 is 0 Å². The molecule has 0 heterocycles. The lowest BCUT2D eigenvalue weighted by Crippen LogP contribution is -2.10. The summed E-state index contributed by atoms with van der Waals surface area (Å²) in [6.45, 7) is -0.229. The summed E-state index contributed by atoms with van der Waals surface area (Å²) < 4.78 is 46.2. The van der Waals surface area contributed by atoms with Gasteiger partial charge >= 0.3 is 6.18 Å². The Morgan fingerprint density at radius 3 is 2.48 bits per heavy atom. The molecule has 5 nitrogen and oxygen atoms in total. The molecule has 0 saturated carbocycles. The molecule has 0 aliphatic rings. The summed E-state index contributed by atoms with van der Waals surface area (Å²) in [4.78, 5) is 10.3. The fourth-order valence-electron chi connectivity index (χ4n) is 1.60. The largest absolute Gasteiger partial charge is 0.493 e. The van der Waals surface area contributed by atoms with E-state index in [1.807, 2.05) is 0 Å². The molecule has 1 aromatic rings. The molecule has 0 bridgehead atoms. The van der Waals surface area contributed by atoms with Gasteiger partial charge in [-0.1, -0.05) is 0 Å². The van der Waals surface area contributed by atoms with Gasteiger partial charge in [0.15, 0.2) is 11.5 Å². The summed E-state index contributed by atoms with van der Waals surface area (Å²) >= 11 is 5.61. The van der Waals surface area contributed by atoms with Crippen molar-refractivity contribution < 1.29 is 27.6 Å². The van der Waals surface area contributed by atoms with Crippen molar-refractivity contribution in [2.75, 3.05) is 13.7 Å². The van der Waals surface area contributed by atoms with Crippen molar-refractivity contribution in [3.63, 3.8) is 0 Å². The van der Waals surface area contributed by atoms with Gasteiger partial charge in [0.1, 0.15) is 0 Å². The zero-order chi connectivity index (χ0) is 16.0. The molecule has 0 aromatic heterocycles. The molecule has 1 rings (SSSR count). The summed E-state index contributed by atoms with van der Waals surface area (Å²) in [6.07, 6.45) is -5.50. The highest BCUT2D eigenvalue weighted by molar-refractivity contribution is 6.17. The lowest BCUT2D eigenvalue weighted by molar-refractivity contribution is -0.385. The molecule has 0 fully saturated rings. The lowest BCUT2D eigenvalue weighted by Gasteiger charge is -2.12. The minimum Gasteiger partial charge on any atom is -0.493 e. The van der Waals surface area contributed by atoms with Gasteiger partial charge in [-0.3, -0.25) is 10.1 Å². The van der Waals surface area contributed by atoms with Crippen LogP contribution < -0.4 is 9.47 Å². The first-order valence-corrected chi connectivity index (χ1v) is 6.42. The smallest absolute Gasteiger partial charge is 0.389 e. The van der Waals surface area contributed by atoms with Gasteiger partial charge in [-0.25, -0.2) is 0 Å². The van der Waals surface area contributed by atoms with Gasteiger partial charge in [-0.05, 0) is 12.5 Å². The topological polar surface area (TPSA) is 61.6 Å². The molecule has 0 radical (unpaired) electrons. The summed E-state index contributed by atoms with van der Waals surface area (Å²) in [5, 5.41) is 10.9. The van der Waals surface area contributed by atoms with Crippen LogP contribution in [0, 0.1) is 10.1 Å². The van der Waals surface area contributed by atoms with Gasteiger partial charge in [0.25, 0.3) is 5.69 Å². The van der Waals surface area contributed by atoms with Gasteiger partial charge in [-0.15, -0.1) is 11.6 Å². The Hall–Kier alpha value is -1.70. The van der Waals surface area contributed by atoms with E-state index in [-0.39, 0.29) is 41.7 Å². The van der Waals surface area contributed by atoms with Crippen molar-refractivity contribution in [1.29, 1.82) is 0 Å². The zero-order valence-electron chi connectivity index (χ0n) is 11.1. The molecule has 0 unspecified atom stereocenters. The summed E-state index contributed by atoms with van der Waals surface area (Å²) in [7, 11) is 1.32. The lowest BCUT2D eigenvalue weighted by atomic mass is 10.2. The quantitative estimate of drug-likeness (QED) is 0.328. The average molecular weight is 328 g/mol. The molecule has 9 heteroatoms. The van der Waals surface area contributed by atoms with Crippen molar-refractivity contribution in [3.8, 4) is 11.5 Å². The number of halogens is 4. The van der Waals surface area contributed by atoms with Gasteiger partial charge in [-0.2, -0.15) is 13.2 Å². The highest BCUT2D eigenvalue weighted by atomic mass is 35.5. The third kappa shape index (κ3) is 5.30. The number of alkyl halides is 4. The van der Waals surface area contributed by atoms with Gasteiger partial charge in [0.05, 0.1) is 30.6 Å². The molecule has 118 valence electrons. The van der Waals surface area contributed by atoms with Crippen LogP contribution in [0.25, 0.3) is 0 Å². The van der Waals surface area contributed by atoms with E-state index in [1.165, 1.54) is 13.2 Å². The van der Waals surface area contributed by atoms with Gasteiger partial charge in [0, 0.05) is 12.0 Å². The van der Waals surface area contributed by atoms with Crippen molar-refractivity contribution in [2.24, 2.45) is 0 Å². The van der Waals surface area contributed by atoms with Gasteiger partial charge in [0.2, 0.25) is 0 Å². The number of nitro groups is 1. The van der Waals surface area contributed by atoms with E-state index in [0.29, 0.717) is 0 Å². The third-order valence-electron chi connectivity index (χ3n) is 2.57. The maximum atomic E-state index is 12.0. The van der Waals surface area contributed by atoms with Crippen molar-refractivity contribution in [3.05, 3.63) is 27.8 Å². The van der Waals surface area contributed by atoms with Crippen molar-refractivity contribution >= 4 is 17.3 Å². The third-order valence-corrected chi connectivity index (χ3v) is 2.86. The molecule has 0 aliphatic carbocycles. The molecule has 0 N–H and O–H groups in total. The number of hydrogen-bond donors (Lipinski definition) is 0. The van der Waals surface area contributed by atoms with Gasteiger partial charge < -0.3 is 9.47 Å². The van der Waals surface area contributed by atoms with Crippen molar-refractivity contribution in [2.45, 2.75) is 24.9 Å². The fraction of sp³-hybridized carbons (Fsp3) is 0.500. The minimum absolute atomic E-state index is 0.0141. The second kappa shape index (κ2) is 7.35. The predicted molar refractivity (Wildman–Crippen MR) is 70.0 cm³/mol. The number of ether oxygens (including phenoxy) is 2. The van der Waals surface area contributed by atoms with Crippen LogP contribution in [0.15, 0.2) is 12.1 Å². The van der Waals surface area contributed by atoms with Crippen LogP contribution >= 0.6 is 11.6 Å². The van der Waals surface area contributed by atoms with Crippen LogP contribution in [0.4, 0.5) is 18.9 Å². The molecule has 0 spiro atoms. The summed E-state index contributed by atoms with van der Waals surface area (Å²) in [5.74, 6) is 0.101. The Morgan fingerprint density at radius 2 is 2.00 bits per heavy atom. The summed E-state index contributed by atoms with van der Waals surface area (Å²) in [5.41, 5.74) is -0.0298. The molecule has 0 saturated heterocycles. The fourth-order valence-corrected chi connectivity index (χ4v) is 1.81. The molecule has 1 aromatic carbocycles. The minimum atomic E-state index is -4.26. The van der Waals surface area contributed by atoms with Crippen LogP contribution in [-0.2, 0) is 5.88 Å². The second-order valence-corrected chi connectivity index (χ2v) is 4.36. The van der Waals surface area contributed by atoms with E-state index in [0.717, 1.165) is 6.07 Å². The zero-order valence-corrected chi connectivity index (χ0v) is 11.8.